The molecule has 18 heavy (non-hydrogen) atoms. The van der Waals surface area contributed by atoms with Gasteiger partial charge in [0.15, 0.2) is 0 Å². The Morgan fingerprint density at radius 2 is 2.22 bits per heavy atom. The van der Waals surface area contributed by atoms with Crippen molar-refractivity contribution in [1.82, 2.24) is 5.32 Å². The molecule has 0 radical (unpaired) electrons. The van der Waals surface area contributed by atoms with Gasteiger partial charge in [-0.1, -0.05) is 28.1 Å². The van der Waals surface area contributed by atoms with Crippen LogP contribution in [0.5, 0.6) is 5.75 Å². The standard InChI is InChI=1S/C14H16BrNOS/c1-16-12(14-13(17-2)6-7-18-14)9-10-4-3-5-11(15)8-10/h3-8,12,16H,9H2,1-2H3. The van der Waals surface area contributed by atoms with E-state index in [4.69, 9.17) is 4.74 Å². The van der Waals surface area contributed by atoms with E-state index in [1.807, 2.05) is 19.2 Å². The molecule has 4 heteroatoms. The number of nitrogens with one attached hydrogen (secondary N) is 1. The molecule has 0 aliphatic rings. The van der Waals surface area contributed by atoms with Crippen LogP contribution in [0.1, 0.15) is 16.5 Å². The third-order valence-corrected chi connectivity index (χ3v) is 4.38. The number of rotatable bonds is 5. The van der Waals surface area contributed by atoms with E-state index in [2.05, 4.69) is 44.8 Å². The fraction of sp³-hybridized carbons (Fsp3) is 0.286. The van der Waals surface area contributed by atoms with E-state index in [9.17, 15) is 0 Å². The molecule has 1 aromatic heterocycles. The highest BCUT2D eigenvalue weighted by molar-refractivity contribution is 9.10. The van der Waals surface area contributed by atoms with Crippen LogP contribution < -0.4 is 10.1 Å². The highest BCUT2D eigenvalue weighted by atomic mass is 79.9. The van der Waals surface area contributed by atoms with Crippen LogP contribution in [0.2, 0.25) is 0 Å². The van der Waals surface area contributed by atoms with Gasteiger partial charge in [0.25, 0.3) is 0 Å². The van der Waals surface area contributed by atoms with Crippen molar-refractivity contribution in [2.75, 3.05) is 14.2 Å². The molecule has 0 aliphatic carbocycles. The first-order valence-electron chi connectivity index (χ1n) is 5.77. The molecule has 1 aromatic carbocycles. The van der Waals surface area contributed by atoms with Gasteiger partial charge in [-0.3, -0.25) is 0 Å². The van der Waals surface area contributed by atoms with Crippen molar-refractivity contribution in [3.05, 3.63) is 50.6 Å². The van der Waals surface area contributed by atoms with Gasteiger partial charge in [-0.15, -0.1) is 11.3 Å². The van der Waals surface area contributed by atoms with Gasteiger partial charge in [0.05, 0.1) is 12.0 Å². The topological polar surface area (TPSA) is 21.3 Å². The molecule has 2 nitrogen and oxygen atoms in total. The monoisotopic (exact) mass is 325 g/mol. The molecule has 96 valence electrons. The zero-order valence-corrected chi connectivity index (χ0v) is 12.8. The van der Waals surface area contributed by atoms with Crippen molar-refractivity contribution in [1.29, 1.82) is 0 Å². The number of benzene rings is 1. The summed E-state index contributed by atoms with van der Waals surface area (Å²) in [5.41, 5.74) is 1.30. The van der Waals surface area contributed by atoms with Crippen LogP contribution in [0, 0.1) is 0 Å². The summed E-state index contributed by atoms with van der Waals surface area (Å²) >= 11 is 5.24. The second-order valence-electron chi connectivity index (χ2n) is 4.03. The predicted octanol–water partition coefficient (Wildman–Crippen LogP) is 4.02. The largest absolute Gasteiger partial charge is 0.496 e. The van der Waals surface area contributed by atoms with E-state index in [1.54, 1.807) is 18.4 Å². The van der Waals surface area contributed by atoms with Crippen molar-refractivity contribution in [2.24, 2.45) is 0 Å². The smallest absolute Gasteiger partial charge is 0.134 e. The summed E-state index contributed by atoms with van der Waals surface area (Å²) in [6.07, 6.45) is 0.951. The first-order valence-corrected chi connectivity index (χ1v) is 7.45. The minimum Gasteiger partial charge on any atom is -0.496 e. The van der Waals surface area contributed by atoms with E-state index in [-0.39, 0.29) is 6.04 Å². The zero-order chi connectivity index (χ0) is 13.0. The van der Waals surface area contributed by atoms with Crippen LogP contribution in [0.25, 0.3) is 0 Å². The van der Waals surface area contributed by atoms with Crippen molar-refractivity contribution in [3.8, 4) is 5.75 Å². The molecule has 1 atom stereocenters. The normalized spacial score (nSPS) is 12.4. The predicted molar refractivity (Wildman–Crippen MR) is 80.5 cm³/mol. The van der Waals surface area contributed by atoms with Gasteiger partial charge in [-0.2, -0.15) is 0 Å². The average Bonchev–Trinajstić information content (AvgIpc) is 2.84. The molecule has 2 aromatic rings. The molecule has 0 saturated carbocycles. The maximum atomic E-state index is 5.39. The first kappa shape index (κ1) is 13.6. The number of thiophene rings is 1. The van der Waals surface area contributed by atoms with E-state index in [0.717, 1.165) is 16.6 Å². The Balaban J connectivity index is 2.20. The number of hydrogen-bond donors (Lipinski definition) is 1. The van der Waals surface area contributed by atoms with Gasteiger partial charge in [0.2, 0.25) is 0 Å². The quantitative estimate of drug-likeness (QED) is 0.896. The summed E-state index contributed by atoms with van der Waals surface area (Å²) in [5.74, 6) is 0.967. The highest BCUT2D eigenvalue weighted by Gasteiger charge is 2.16. The number of ether oxygens (including phenoxy) is 1. The number of halogens is 1. The van der Waals surface area contributed by atoms with Crippen molar-refractivity contribution in [2.45, 2.75) is 12.5 Å². The summed E-state index contributed by atoms with van der Waals surface area (Å²) < 4.78 is 6.51. The lowest BCUT2D eigenvalue weighted by Crippen LogP contribution is -2.18. The summed E-state index contributed by atoms with van der Waals surface area (Å²) in [6, 6.07) is 10.7. The fourth-order valence-corrected chi connectivity index (χ4v) is 3.38. The molecule has 0 bridgehead atoms. The molecule has 1 N–H and O–H groups in total. The lowest BCUT2D eigenvalue weighted by molar-refractivity contribution is 0.405. The first-order chi connectivity index (χ1) is 8.74. The Bertz CT molecular complexity index is 512. The van der Waals surface area contributed by atoms with Gasteiger partial charge >= 0.3 is 0 Å². The molecule has 0 fully saturated rings. The van der Waals surface area contributed by atoms with E-state index in [0.29, 0.717) is 0 Å². The van der Waals surface area contributed by atoms with Crippen LogP contribution >= 0.6 is 27.3 Å². The molecular weight excluding hydrogens is 310 g/mol. The lowest BCUT2D eigenvalue weighted by Gasteiger charge is -2.16. The Kier molecular flexibility index (Phi) is 4.80. The number of methoxy groups -OCH3 is 1. The third kappa shape index (κ3) is 3.13. The summed E-state index contributed by atoms with van der Waals surface area (Å²) in [6.45, 7) is 0. The summed E-state index contributed by atoms with van der Waals surface area (Å²) in [4.78, 5) is 1.25. The highest BCUT2D eigenvalue weighted by Crippen LogP contribution is 2.32. The molecule has 1 heterocycles. The average molecular weight is 326 g/mol. The van der Waals surface area contributed by atoms with Gasteiger partial charge in [-0.05, 0) is 42.6 Å². The molecular formula is C14H16BrNOS. The Labute approximate surface area is 120 Å². The molecule has 2 rings (SSSR count). The van der Waals surface area contributed by atoms with Crippen LogP contribution in [0.4, 0.5) is 0 Å². The third-order valence-electron chi connectivity index (χ3n) is 2.87. The molecule has 0 amide bonds. The maximum absolute atomic E-state index is 5.39. The second-order valence-corrected chi connectivity index (χ2v) is 5.89. The summed E-state index contributed by atoms with van der Waals surface area (Å²) in [5, 5.41) is 5.43. The molecule has 1 unspecified atom stereocenters. The molecule has 0 saturated heterocycles. The van der Waals surface area contributed by atoms with E-state index < -0.39 is 0 Å². The fourth-order valence-electron chi connectivity index (χ4n) is 1.96. The van der Waals surface area contributed by atoms with Crippen LogP contribution in [0.15, 0.2) is 40.2 Å². The zero-order valence-electron chi connectivity index (χ0n) is 10.4. The van der Waals surface area contributed by atoms with Crippen molar-refractivity contribution in [3.63, 3.8) is 0 Å². The maximum Gasteiger partial charge on any atom is 0.134 e. The second kappa shape index (κ2) is 6.36. The van der Waals surface area contributed by atoms with Gasteiger partial charge in [0, 0.05) is 10.5 Å². The van der Waals surface area contributed by atoms with Gasteiger partial charge in [-0.25, -0.2) is 0 Å². The Morgan fingerprint density at radius 3 is 2.89 bits per heavy atom. The molecule has 0 spiro atoms. The van der Waals surface area contributed by atoms with Crippen molar-refractivity contribution < 1.29 is 4.74 Å². The Hall–Kier alpha value is -0.840. The Morgan fingerprint density at radius 1 is 1.39 bits per heavy atom. The van der Waals surface area contributed by atoms with E-state index >= 15 is 0 Å². The van der Waals surface area contributed by atoms with Gasteiger partial charge in [0.1, 0.15) is 5.75 Å². The molecule has 0 aliphatic heterocycles. The number of hydrogen-bond acceptors (Lipinski definition) is 3. The minimum absolute atomic E-state index is 0.286. The minimum atomic E-state index is 0.286. The van der Waals surface area contributed by atoms with Crippen LogP contribution in [-0.4, -0.2) is 14.2 Å². The summed E-state index contributed by atoms with van der Waals surface area (Å²) in [7, 11) is 3.71. The van der Waals surface area contributed by atoms with Crippen LogP contribution in [-0.2, 0) is 6.42 Å². The number of likely N-dealkylation sites (N-methyl/N-ethyl adjacent to an activating group) is 1. The van der Waals surface area contributed by atoms with Gasteiger partial charge < -0.3 is 10.1 Å². The SMILES string of the molecule is CNC(Cc1cccc(Br)c1)c1sccc1OC. The lowest BCUT2D eigenvalue weighted by atomic mass is 10.0. The van der Waals surface area contributed by atoms with Crippen molar-refractivity contribution >= 4 is 27.3 Å². The van der Waals surface area contributed by atoms with Crippen LogP contribution in [0.3, 0.4) is 0 Å². The van der Waals surface area contributed by atoms with E-state index in [1.165, 1.54) is 10.4 Å².